The number of methoxy groups -OCH3 is 2. The van der Waals surface area contributed by atoms with Gasteiger partial charge in [-0.25, -0.2) is 0 Å². The Morgan fingerprint density at radius 1 is 0.958 bits per heavy atom. The van der Waals surface area contributed by atoms with Gasteiger partial charge in [0.2, 0.25) is 0 Å². The van der Waals surface area contributed by atoms with E-state index in [1.54, 1.807) is 18.2 Å². The zero-order valence-electron chi connectivity index (χ0n) is 13.3. The van der Waals surface area contributed by atoms with Crippen LogP contribution >= 0.6 is 0 Å². The van der Waals surface area contributed by atoms with Crippen LogP contribution in [0, 0.1) is 0 Å². The molecule has 0 spiro atoms. The number of amides is 1. The average molecular weight is 339 g/mol. The van der Waals surface area contributed by atoms with Crippen LogP contribution in [0.3, 0.4) is 0 Å². The number of rotatable bonds is 4. The van der Waals surface area contributed by atoms with Crippen molar-refractivity contribution in [2.45, 2.75) is 6.18 Å². The van der Waals surface area contributed by atoms with Crippen LogP contribution in [0.1, 0.15) is 15.9 Å². The normalized spacial score (nSPS) is 11.1. The zero-order valence-corrected chi connectivity index (χ0v) is 13.3. The Kier molecular flexibility index (Phi) is 5.02. The first-order valence-corrected chi connectivity index (χ1v) is 6.95. The van der Waals surface area contributed by atoms with Crippen LogP contribution < -0.4 is 14.4 Å². The molecule has 0 aliphatic heterocycles. The van der Waals surface area contributed by atoms with Gasteiger partial charge < -0.3 is 14.4 Å². The summed E-state index contributed by atoms with van der Waals surface area (Å²) < 4.78 is 48.0. The Bertz CT molecular complexity index is 727. The number of alkyl halides is 3. The van der Waals surface area contributed by atoms with Gasteiger partial charge in [0.05, 0.1) is 19.8 Å². The van der Waals surface area contributed by atoms with Gasteiger partial charge in [0.25, 0.3) is 5.91 Å². The molecule has 0 atom stereocenters. The topological polar surface area (TPSA) is 38.8 Å². The first-order chi connectivity index (χ1) is 11.3. The molecule has 0 radical (unpaired) electrons. The Hall–Kier alpha value is -2.70. The number of nitrogens with zero attached hydrogens (tertiary/aromatic N) is 1. The Balaban J connectivity index is 2.26. The van der Waals surface area contributed by atoms with Gasteiger partial charge in [-0.1, -0.05) is 0 Å². The van der Waals surface area contributed by atoms with Crippen LogP contribution in [-0.4, -0.2) is 27.2 Å². The fraction of sp³-hybridized carbons (Fsp3) is 0.235. The van der Waals surface area contributed by atoms with E-state index in [4.69, 9.17) is 9.47 Å². The number of halogens is 3. The smallest absolute Gasteiger partial charge is 0.416 e. The number of benzene rings is 2. The number of ether oxygens (including phenoxy) is 2. The fourth-order valence-corrected chi connectivity index (χ4v) is 2.15. The molecule has 0 saturated carbocycles. The largest absolute Gasteiger partial charge is 0.493 e. The van der Waals surface area contributed by atoms with Crippen LogP contribution in [-0.2, 0) is 6.18 Å². The Labute approximate surface area is 137 Å². The molecule has 0 unspecified atom stereocenters. The minimum atomic E-state index is -4.43. The van der Waals surface area contributed by atoms with Gasteiger partial charge in [-0.2, -0.15) is 13.2 Å². The third-order valence-electron chi connectivity index (χ3n) is 3.52. The van der Waals surface area contributed by atoms with E-state index in [0.717, 1.165) is 24.3 Å². The molecule has 0 aliphatic carbocycles. The van der Waals surface area contributed by atoms with Crippen molar-refractivity contribution in [2.24, 2.45) is 0 Å². The highest BCUT2D eigenvalue weighted by Gasteiger charge is 2.30. The molecule has 0 saturated heterocycles. The van der Waals surface area contributed by atoms with Gasteiger partial charge in [0.15, 0.2) is 11.5 Å². The van der Waals surface area contributed by atoms with Gasteiger partial charge >= 0.3 is 6.18 Å². The van der Waals surface area contributed by atoms with Crippen LogP contribution in [0.15, 0.2) is 42.5 Å². The van der Waals surface area contributed by atoms with Crippen molar-refractivity contribution in [3.05, 3.63) is 53.6 Å². The van der Waals surface area contributed by atoms with Gasteiger partial charge in [-0.05, 0) is 36.4 Å². The van der Waals surface area contributed by atoms with Gasteiger partial charge in [0, 0.05) is 24.4 Å². The second-order valence-corrected chi connectivity index (χ2v) is 4.98. The summed E-state index contributed by atoms with van der Waals surface area (Å²) in [7, 11) is 4.50. The van der Waals surface area contributed by atoms with Crippen molar-refractivity contribution in [2.75, 3.05) is 26.2 Å². The molecular weight excluding hydrogens is 323 g/mol. The second-order valence-electron chi connectivity index (χ2n) is 4.98. The highest BCUT2D eigenvalue weighted by Crippen LogP contribution is 2.32. The van der Waals surface area contributed by atoms with Crippen LogP contribution in [0.25, 0.3) is 0 Å². The van der Waals surface area contributed by atoms with E-state index in [1.165, 1.54) is 26.2 Å². The lowest BCUT2D eigenvalue weighted by molar-refractivity contribution is -0.137. The summed E-state index contributed by atoms with van der Waals surface area (Å²) in [4.78, 5) is 13.8. The quantitative estimate of drug-likeness (QED) is 0.845. The fourth-order valence-electron chi connectivity index (χ4n) is 2.15. The summed E-state index contributed by atoms with van der Waals surface area (Å²) >= 11 is 0. The number of carbonyl (C=O) groups excluding carboxylic acids is 1. The van der Waals surface area contributed by atoms with E-state index in [2.05, 4.69) is 0 Å². The van der Waals surface area contributed by atoms with Crippen LogP contribution in [0.5, 0.6) is 11.5 Å². The summed E-state index contributed by atoms with van der Waals surface area (Å²) in [6, 6.07) is 8.99. The van der Waals surface area contributed by atoms with Crippen molar-refractivity contribution < 1.29 is 27.4 Å². The predicted octanol–water partition coefficient (Wildman–Crippen LogP) is 4.00. The molecule has 4 nitrogen and oxygen atoms in total. The molecule has 2 aromatic carbocycles. The van der Waals surface area contributed by atoms with Crippen LogP contribution in [0.4, 0.5) is 18.9 Å². The van der Waals surface area contributed by atoms with E-state index in [0.29, 0.717) is 17.2 Å². The molecule has 0 aromatic heterocycles. The Morgan fingerprint density at radius 2 is 1.54 bits per heavy atom. The molecule has 0 bridgehead atoms. The first kappa shape index (κ1) is 17.7. The van der Waals surface area contributed by atoms with Crippen LogP contribution in [0.2, 0.25) is 0 Å². The highest BCUT2D eigenvalue weighted by atomic mass is 19.4. The van der Waals surface area contributed by atoms with Crippen molar-refractivity contribution >= 4 is 11.6 Å². The second kappa shape index (κ2) is 6.82. The molecule has 1 amide bonds. The SMILES string of the molecule is COc1ccc(N(C)C(=O)c2ccc(C(F)(F)F)cc2)cc1OC. The molecule has 0 N–H and O–H groups in total. The summed E-state index contributed by atoms with van der Waals surface area (Å²) in [5.41, 5.74) is -0.120. The molecule has 2 rings (SSSR count). The minimum absolute atomic E-state index is 0.153. The standard InChI is InChI=1S/C17H16F3NO3/c1-21(13-8-9-14(23-2)15(10-13)24-3)16(22)11-4-6-12(7-5-11)17(18,19)20/h4-10H,1-3H3. The molecule has 7 heteroatoms. The third kappa shape index (κ3) is 3.61. The number of anilines is 1. The zero-order chi connectivity index (χ0) is 17.9. The summed E-state index contributed by atoms with van der Waals surface area (Å²) in [5, 5.41) is 0. The van der Waals surface area contributed by atoms with Crippen molar-refractivity contribution in [1.82, 2.24) is 0 Å². The van der Waals surface area contributed by atoms with E-state index in [1.807, 2.05) is 0 Å². The Morgan fingerprint density at radius 3 is 2.04 bits per heavy atom. The lowest BCUT2D eigenvalue weighted by atomic mass is 10.1. The maximum atomic E-state index is 12.6. The van der Waals surface area contributed by atoms with E-state index < -0.39 is 17.6 Å². The van der Waals surface area contributed by atoms with Gasteiger partial charge in [-0.3, -0.25) is 4.79 Å². The molecule has 0 heterocycles. The summed E-state index contributed by atoms with van der Waals surface area (Å²) in [6.45, 7) is 0. The number of hydrogen-bond donors (Lipinski definition) is 0. The molecule has 128 valence electrons. The average Bonchev–Trinajstić information content (AvgIpc) is 2.59. The summed E-state index contributed by atoms with van der Waals surface area (Å²) in [6.07, 6.45) is -4.43. The number of carbonyl (C=O) groups is 1. The monoisotopic (exact) mass is 339 g/mol. The molecule has 24 heavy (non-hydrogen) atoms. The van der Waals surface area contributed by atoms with Gasteiger partial charge in [-0.15, -0.1) is 0 Å². The maximum absolute atomic E-state index is 12.6. The lowest BCUT2D eigenvalue weighted by Gasteiger charge is -2.19. The molecule has 0 aliphatic rings. The third-order valence-corrected chi connectivity index (χ3v) is 3.52. The van der Waals surface area contributed by atoms with E-state index >= 15 is 0 Å². The predicted molar refractivity (Wildman–Crippen MR) is 83.7 cm³/mol. The number of hydrogen-bond acceptors (Lipinski definition) is 3. The molecular formula is C17H16F3NO3. The molecule has 0 fully saturated rings. The summed E-state index contributed by atoms with van der Waals surface area (Å²) in [5.74, 6) is 0.523. The van der Waals surface area contributed by atoms with Gasteiger partial charge in [0.1, 0.15) is 0 Å². The van der Waals surface area contributed by atoms with Crippen molar-refractivity contribution in [1.29, 1.82) is 0 Å². The minimum Gasteiger partial charge on any atom is -0.493 e. The lowest BCUT2D eigenvalue weighted by Crippen LogP contribution is -2.26. The highest BCUT2D eigenvalue weighted by molar-refractivity contribution is 6.05. The van der Waals surface area contributed by atoms with Crippen molar-refractivity contribution in [3.8, 4) is 11.5 Å². The van der Waals surface area contributed by atoms with E-state index in [9.17, 15) is 18.0 Å². The maximum Gasteiger partial charge on any atom is 0.416 e. The molecule has 2 aromatic rings. The first-order valence-electron chi connectivity index (χ1n) is 6.95. The van der Waals surface area contributed by atoms with E-state index in [-0.39, 0.29) is 5.56 Å². The van der Waals surface area contributed by atoms with Crippen molar-refractivity contribution in [3.63, 3.8) is 0 Å².